The predicted molar refractivity (Wildman–Crippen MR) is 118 cm³/mol. The van der Waals surface area contributed by atoms with E-state index < -0.39 is 5.97 Å². The van der Waals surface area contributed by atoms with Crippen molar-refractivity contribution in [2.75, 3.05) is 24.5 Å². The summed E-state index contributed by atoms with van der Waals surface area (Å²) in [5.74, 6) is -0.898. The Labute approximate surface area is 175 Å². The smallest absolute Gasteiger partial charge is 0.335 e. The topological polar surface area (TPSA) is 52.6 Å². The largest absolute Gasteiger partial charge is 0.478 e. The molecule has 1 atom stereocenters. The van der Waals surface area contributed by atoms with Crippen LogP contribution in [0.25, 0.3) is 11.1 Å². The summed E-state index contributed by atoms with van der Waals surface area (Å²) in [5.41, 5.74) is 5.04. The van der Waals surface area contributed by atoms with Crippen LogP contribution in [0.2, 0.25) is 5.02 Å². The number of carbonyl (C=O) groups is 1. The Bertz CT molecular complexity index is 987. The second kappa shape index (κ2) is 8.68. The van der Waals surface area contributed by atoms with Crippen LogP contribution < -0.4 is 10.2 Å². The van der Waals surface area contributed by atoms with Gasteiger partial charge in [-0.25, -0.2) is 4.79 Å². The Balaban J connectivity index is 1.60. The second-order valence-electron chi connectivity index (χ2n) is 7.27. The van der Waals surface area contributed by atoms with Crippen molar-refractivity contribution >= 4 is 23.3 Å². The van der Waals surface area contributed by atoms with Gasteiger partial charge < -0.3 is 15.3 Å². The number of piperazine rings is 1. The van der Waals surface area contributed by atoms with Gasteiger partial charge in [-0.2, -0.15) is 0 Å². The zero-order chi connectivity index (χ0) is 20.2. The molecule has 148 valence electrons. The SMILES string of the molecule is O=C(O)c1ccc(N2CCNCC2Cc2ccccc2-c2ccc(Cl)cc2)cc1. The minimum Gasteiger partial charge on any atom is -0.478 e. The van der Waals surface area contributed by atoms with Gasteiger partial charge in [-0.05, 0) is 59.5 Å². The van der Waals surface area contributed by atoms with Crippen LogP contribution in [-0.4, -0.2) is 36.8 Å². The maximum atomic E-state index is 11.2. The molecule has 1 unspecified atom stereocenters. The van der Waals surface area contributed by atoms with E-state index in [9.17, 15) is 4.79 Å². The molecule has 1 aliphatic heterocycles. The van der Waals surface area contributed by atoms with E-state index in [2.05, 4.69) is 46.6 Å². The van der Waals surface area contributed by atoms with E-state index in [-0.39, 0.29) is 6.04 Å². The molecule has 0 saturated carbocycles. The highest BCUT2D eigenvalue weighted by molar-refractivity contribution is 6.30. The van der Waals surface area contributed by atoms with Crippen molar-refractivity contribution in [2.24, 2.45) is 0 Å². The van der Waals surface area contributed by atoms with E-state index in [0.29, 0.717) is 5.56 Å². The molecule has 5 heteroatoms. The molecule has 0 aromatic heterocycles. The maximum Gasteiger partial charge on any atom is 0.335 e. The molecule has 3 aromatic rings. The van der Waals surface area contributed by atoms with E-state index in [1.807, 2.05) is 24.3 Å². The molecule has 3 aromatic carbocycles. The van der Waals surface area contributed by atoms with E-state index in [1.165, 1.54) is 11.1 Å². The summed E-state index contributed by atoms with van der Waals surface area (Å²) in [6.45, 7) is 2.69. The number of halogens is 1. The first-order valence-electron chi connectivity index (χ1n) is 9.76. The Kier molecular flexibility index (Phi) is 5.84. The number of rotatable bonds is 5. The molecule has 0 aliphatic carbocycles. The Morgan fingerprint density at radius 1 is 1.03 bits per heavy atom. The molecule has 1 aliphatic rings. The van der Waals surface area contributed by atoms with Gasteiger partial charge >= 0.3 is 5.97 Å². The highest BCUT2D eigenvalue weighted by Crippen LogP contribution is 2.28. The molecule has 0 radical (unpaired) electrons. The average Bonchev–Trinajstić information content (AvgIpc) is 2.75. The van der Waals surface area contributed by atoms with Gasteiger partial charge in [-0.3, -0.25) is 0 Å². The van der Waals surface area contributed by atoms with Crippen LogP contribution in [-0.2, 0) is 6.42 Å². The van der Waals surface area contributed by atoms with Crippen LogP contribution in [0.15, 0.2) is 72.8 Å². The number of carboxylic acid groups (broad SMARTS) is 1. The molecule has 1 heterocycles. The summed E-state index contributed by atoms with van der Waals surface area (Å²) in [5, 5.41) is 13.4. The lowest BCUT2D eigenvalue weighted by molar-refractivity contribution is 0.0697. The third-order valence-electron chi connectivity index (χ3n) is 5.42. The van der Waals surface area contributed by atoms with Crippen LogP contribution in [0, 0.1) is 0 Å². The van der Waals surface area contributed by atoms with Gasteiger partial charge in [0.15, 0.2) is 0 Å². The normalized spacial score (nSPS) is 16.6. The zero-order valence-electron chi connectivity index (χ0n) is 16.0. The summed E-state index contributed by atoms with van der Waals surface area (Å²) in [6.07, 6.45) is 0.895. The van der Waals surface area contributed by atoms with Crippen LogP contribution in [0.3, 0.4) is 0 Å². The molecule has 29 heavy (non-hydrogen) atoms. The third-order valence-corrected chi connectivity index (χ3v) is 5.68. The second-order valence-corrected chi connectivity index (χ2v) is 7.71. The van der Waals surface area contributed by atoms with E-state index in [1.54, 1.807) is 12.1 Å². The molecule has 2 N–H and O–H groups in total. The maximum absolute atomic E-state index is 11.2. The Hall–Kier alpha value is -2.82. The molecular weight excluding hydrogens is 384 g/mol. The van der Waals surface area contributed by atoms with Crippen molar-refractivity contribution in [1.82, 2.24) is 5.32 Å². The third kappa shape index (κ3) is 4.44. The quantitative estimate of drug-likeness (QED) is 0.643. The van der Waals surface area contributed by atoms with Crippen molar-refractivity contribution in [1.29, 1.82) is 0 Å². The monoisotopic (exact) mass is 406 g/mol. The summed E-state index contributed by atoms with van der Waals surface area (Å²) < 4.78 is 0. The van der Waals surface area contributed by atoms with E-state index in [0.717, 1.165) is 42.3 Å². The number of aromatic carboxylic acids is 1. The molecule has 1 fully saturated rings. The van der Waals surface area contributed by atoms with Crippen molar-refractivity contribution in [3.05, 3.63) is 88.9 Å². The van der Waals surface area contributed by atoms with Crippen molar-refractivity contribution in [3.63, 3.8) is 0 Å². The number of hydrogen-bond acceptors (Lipinski definition) is 3. The number of benzene rings is 3. The predicted octanol–water partition coefficient (Wildman–Crippen LogP) is 4.73. The summed E-state index contributed by atoms with van der Waals surface area (Å²) in [7, 11) is 0. The van der Waals surface area contributed by atoms with Crippen LogP contribution in [0.5, 0.6) is 0 Å². The lowest BCUT2D eigenvalue weighted by atomic mass is 9.93. The van der Waals surface area contributed by atoms with Crippen molar-refractivity contribution in [3.8, 4) is 11.1 Å². The molecule has 0 amide bonds. The average molecular weight is 407 g/mol. The first-order valence-corrected chi connectivity index (χ1v) is 10.1. The molecule has 4 rings (SSSR count). The van der Waals surface area contributed by atoms with Gasteiger partial charge in [0.1, 0.15) is 0 Å². The molecule has 4 nitrogen and oxygen atoms in total. The number of anilines is 1. The van der Waals surface area contributed by atoms with Gasteiger partial charge in [0, 0.05) is 36.4 Å². The van der Waals surface area contributed by atoms with Gasteiger partial charge in [0.05, 0.1) is 5.56 Å². The number of nitrogens with one attached hydrogen (secondary N) is 1. The highest BCUT2D eigenvalue weighted by atomic mass is 35.5. The fourth-order valence-electron chi connectivity index (χ4n) is 3.94. The fourth-order valence-corrected chi connectivity index (χ4v) is 4.07. The highest BCUT2D eigenvalue weighted by Gasteiger charge is 2.24. The van der Waals surface area contributed by atoms with E-state index >= 15 is 0 Å². The number of nitrogens with zero attached hydrogens (tertiary/aromatic N) is 1. The molecule has 0 bridgehead atoms. The standard InChI is InChI=1S/C24H23ClN2O2/c25-20-9-5-17(6-10-20)23-4-2-1-3-19(23)15-22-16-26-13-14-27(22)21-11-7-18(8-12-21)24(28)29/h1-12,22,26H,13-16H2,(H,28,29). The van der Waals surface area contributed by atoms with Gasteiger partial charge in [0.2, 0.25) is 0 Å². The molecule has 0 spiro atoms. The fraction of sp³-hybridized carbons (Fsp3) is 0.208. The van der Waals surface area contributed by atoms with Gasteiger partial charge in [0.25, 0.3) is 0 Å². The Morgan fingerprint density at radius 3 is 2.48 bits per heavy atom. The van der Waals surface area contributed by atoms with Crippen LogP contribution >= 0.6 is 11.6 Å². The van der Waals surface area contributed by atoms with Gasteiger partial charge in [-0.15, -0.1) is 0 Å². The van der Waals surface area contributed by atoms with Crippen LogP contribution in [0.1, 0.15) is 15.9 Å². The first kappa shape index (κ1) is 19.5. The first-order chi connectivity index (χ1) is 14.1. The summed E-state index contributed by atoms with van der Waals surface area (Å²) in [4.78, 5) is 13.5. The lowest BCUT2D eigenvalue weighted by Gasteiger charge is -2.38. The van der Waals surface area contributed by atoms with Crippen LogP contribution in [0.4, 0.5) is 5.69 Å². The van der Waals surface area contributed by atoms with Crippen molar-refractivity contribution < 1.29 is 9.90 Å². The van der Waals surface area contributed by atoms with Crippen molar-refractivity contribution in [2.45, 2.75) is 12.5 Å². The summed E-state index contributed by atoms with van der Waals surface area (Å²) >= 11 is 6.06. The molecule has 1 saturated heterocycles. The lowest BCUT2D eigenvalue weighted by Crippen LogP contribution is -2.52. The minimum absolute atomic E-state index is 0.285. The number of hydrogen-bond donors (Lipinski definition) is 2. The van der Waals surface area contributed by atoms with Gasteiger partial charge in [-0.1, -0.05) is 48.0 Å². The summed E-state index contributed by atoms with van der Waals surface area (Å²) in [6, 6.07) is 23.9. The molecular formula is C24H23ClN2O2. The zero-order valence-corrected chi connectivity index (χ0v) is 16.8. The number of carboxylic acids is 1. The Morgan fingerprint density at radius 2 is 1.76 bits per heavy atom. The van der Waals surface area contributed by atoms with E-state index in [4.69, 9.17) is 16.7 Å². The minimum atomic E-state index is -0.898.